The minimum atomic E-state index is -0.320. The van der Waals surface area contributed by atoms with Gasteiger partial charge >= 0.3 is 0 Å². The largest absolute Gasteiger partial charge is 0.372 e. The summed E-state index contributed by atoms with van der Waals surface area (Å²) in [6.07, 6.45) is 0. The van der Waals surface area contributed by atoms with Gasteiger partial charge in [-0.25, -0.2) is 0 Å². The molecule has 0 unspecified atom stereocenters. The second kappa shape index (κ2) is 3.75. The molecule has 0 spiro atoms. The molecular formula is C9H15N5O2. The molecule has 0 aromatic carbocycles. The van der Waals surface area contributed by atoms with Crippen molar-refractivity contribution >= 4 is 11.9 Å². The van der Waals surface area contributed by atoms with E-state index in [0.29, 0.717) is 19.7 Å². The van der Waals surface area contributed by atoms with Crippen molar-refractivity contribution in [2.24, 2.45) is 0 Å². The summed E-state index contributed by atoms with van der Waals surface area (Å²) >= 11 is 0. The number of carbonyl (C=O) groups is 1. The van der Waals surface area contributed by atoms with Crippen LogP contribution >= 0.6 is 0 Å². The van der Waals surface area contributed by atoms with E-state index in [9.17, 15) is 4.79 Å². The third-order valence-corrected chi connectivity index (χ3v) is 2.42. The number of H-pyrrole nitrogens is 1. The highest BCUT2D eigenvalue weighted by atomic mass is 16.5. The molecule has 3 N–H and O–H groups in total. The second-order valence-electron chi connectivity index (χ2n) is 4.38. The normalized spacial score (nSPS) is 19.8. The van der Waals surface area contributed by atoms with Gasteiger partial charge in [0.25, 0.3) is 5.91 Å². The standard InChI is InChI=1S/C9H15N5O2/c1-9(2)5-14(3-4-16-9)7(15)6-11-8(10)13-12-6/h3-5H2,1-2H3,(H3,10,11,12,13). The fourth-order valence-corrected chi connectivity index (χ4v) is 1.71. The molecule has 7 heteroatoms. The molecule has 1 amide bonds. The Labute approximate surface area is 93.0 Å². The molecule has 1 fully saturated rings. The number of carbonyl (C=O) groups excluding carboxylic acids is 1. The molecule has 1 aromatic heterocycles. The summed E-state index contributed by atoms with van der Waals surface area (Å²) in [7, 11) is 0. The van der Waals surface area contributed by atoms with Gasteiger partial charge in [-0.1, -0.05) is 0 Å². The molecule has 1 saturated heterocycles. The van der Waals surface area contributed by atoms with E-state index < -0.39 is 0 Å². The summed E-state index contributed by atoms with van der Waals surface area (Å²) in [5.41, 5.74) is 5.03. The quantitative estimate of drug-likeness (QED) is 0.680. The van der Waals surface area contributed by atoms with Gasteiger partial charge in [-0.2, -0.15) is 4.98 Å². The zero-order valence-electron chi connectivity index (χ0n) is 9.36. The number of anilines is 1. The first-order valence-corrected chi connectivity index (χ1v) is 5.09. The second-order valence-corrected chi connectivity index (χ2v) is 4.38. The number of hydrogen-bond donors (Lipinski definition) is 2. The Kier molecular flexibility index (Phi) is 2.55. The molecule has 0 atom stereocenters. The van der Waals surface area contributed by atoms with Crippen molar-refractivity contribution < 1.29 is 9.53 Å². The zero-order chi connectivity index (χ0) is 11.8. The van der Waals surface area contributed by atoms with E-state index in [2.05, 4.69) is 15.2 Å². The lowest BCUT2D eigenvalue weighted by Crippen LogP contribution is -2.50. The molecule has 1 aliphatic rings. The average Bonchev–Trinajstić information content (AvgIpc) is 2.62. The molecule has 0 saturated carbocycles. The Balaban J connectivity index is 2.10. The van der Waals surface area contributed by atoms with Crippen LogP contribution in [0.25, 0.3) is 0 Å². The van der Waals surface area contributed by atoms with E-state index >= 15 is 0 Å². The van der Waals surface area contributed by atoms with Crippen LogP contribution < -0.4 is 5.73 Å². The maximum Gasteiger partial charge on any atom is 0.291 e. The lowest BCUT2D eigenvalue weighted by Gasteiger charge is -2.37. The highest BCUT2D eigenvalue weighted by Crippen LogP contribution is 2.17. The molecule has 0 bridgehead atoms. The molecular weight excluding hydrogens is 210 g/mol. The number of nitrogens with two attached hydrogens (primary N) is 1. The molecule has 7 nitrogen and oxygen atoms in total. The SMILES string of the molecule is CC1(C)CN(C(=O)c2nc(N)n[nH]2)CCO1. The maximum absolute atomic E-state index is 12.0. The van der Waals surface area contributed by atoms with Crippen molar-refractivity contribution in [3.63, 3.8) is 0 Å². The fraction of sp³-hybridized carbons (Fsp3) is 0.667. The van der Waals surface area contributed by atoms with Crippen molar-refractivity contribution in [3.05, 3.63) is 5.82 Å². The van der Waals surface area contributed by atoms with Crippen molar-refractivity contribution in [2.75, 3.05) is 25.4 Å². The first-order valence-electron chi connectivity index (χ1n) is 5.09. The average molecular weight is 225 g/mol. The summed E-state index contributed by atoms with van der Waals surface area (Å²) < 4.78 is 5.52. The molecule has 1 aromatic rings. The lowest BCUT2D eigenvalue weighted by molar-refractivity contribution is -0.0766. The van der Waals surface area contributed by atoms with Crippen LogP contribution in [0.2, 0.25) is 0 Å². The molecule has 2 rings (SSSR count). The van der Waals surface area contributed by atoms with Gasteiger partial charge in [-0.3, -0.25) is 9.89 Å². The van der Waals surface area contributed by atoms with E-state index in [-0.39, 0.29) is 23.3 Å². The van der Waals surface area contributed by atoms with Crippen LogP contribution in [0, 0.1) is 0 Å². The predicted octanol–water partition coefficient (Wildman–Crippen LogP) is -0.362. The Morgan fingerprint density at radius 3 is 2.94 bits per heavy atom. The first kappa shape index (κ1) is 10.9. The number of hydrogen-bond acceptors (Lipinski definition) is 5. The van der Waals surface area contributed by atoms with Gasteiger partial charge in [-0.15, -0.1) is 5.10 Å². The Morgan fingerprint density at radius 2 is 2.38 bits per heavy atom. The van der Waals surface area contributed by atoms with Crippen LogP contribution in [-0.2, 0) is 4.74 Å². The van der Waals surface area contributed by atoms with Gasteiger partial charge in [0.2, 0.25) is 11.8 Å². The number of nitrogens with zero attached hydrogens (tertiary/aromatic N) is 3. The minimum Gasteiger partial charge on any atom is -0.372 e. The van der Waals surface area contributed by atoms with E-state index in [0.717, 1.165) is 0 Å². The predicted molar refractivity (Wildman–Crippen MR) is 56.7 cm³/mol. The van der Waals surface area contributed by atoms with Gasteiger partial charge < -0.3 is 15.4 Å². The molecule has 16 heavy (non-hydrogen) atoms. The zero-order valence-corrected chi connectivity index (χ0v) is 9.36. The fourth-order valence-electron chi connectivity index (χ4n) is 1.71. The van der Waals surface area contributed by atoms with Crippen LogP contribution in [0.1, 0.15) is 24.5 Å². The maximum atomic E-state index is 12.0. The minimum absolute atomic E-state index is 0.0795. The number of rotatable bonds is 1. The Morgan fingerprint density at radius 1 is 1.62 bits per heavy atom. The van der Waals surface area contributed by atoms with E-state index in [1.54, 1.807) is 4.90 Å². The number of nitrogen functional groups attached to an aromatic ring is 1. The van der Waals surface area contributed by atoms with Crippen LogP contribution in [-0.4, -0.2) is 51.3 Å². The number of morpholine rings is 1. The summed E-state index contributed by atoms with van der Waals surface area (Å²) in [4.78, 5) is 17.5. The van der Waals surface area contributed by atoms with E-state index in [4.69, 9.17) is 10.5 Å². The van der Waals surface area contributed by atoms with Crippen LogP contribution in [0.3, 0.4) is 0 Å². The lowest BCUT2D eigenvalue weighted by atomic mass is 10.1. The molecule has 0 aliphatic carbocycles. The summed E-state index contributed by atoms with van der Waals surface area (Å²) in [6, 6.07) is 0. The third kappa shape index (κ3) is 2.13. The summed E-state index contributed by atoms with van der Waals surface area (Å²) in [5.74, 6) is 0.0617. The van der Waals surface area contributed by atoms with Crippen molar-refractivity contribution in [3.8, 4) is 0 Å². The number of amides is 1. The topological polar surface area (TPSA) is 97.1 Å². The summed E-state index contributed by atoms with van der Waals surface area (Å²) in [5, 5.41) is 6.14. The van der Waals surface area contributed by atoms with Gasteiger partial charge in [0.05, 0.1) is 12.2 Å². The smallest absolute Gasteiger partial charge is 0.291 e. The van der Waals surface area contributed by atoms with Crippen LogP contribution in [0.15, 0.2) is 0 Å². The number of ether oxygens (including phenoxy) is 1. The molecule has 88 valence electrons. The van der Waals surface area contributed by atoms with Gasteiger partial charge in [0.15, 0.2) is 0 Å². The number of nitrogens with one attached hydrogen (secondary N) is 1. The van der Waals surface area contributed by atoms with Crippen molar-refractivity contribution in [2.45, 2.75) is 19.4 Å². The highest BCUT2D eigenvalue weighted by Gasteiger charge is 2.31. The highest BCUT2D eigenvalue weighted by molar-refractivity contribution is 5.90. The number of aromatic amines is 1. The van der Waals surface area contributed by atoms with Gasteiger partial charge in [0.1, 0.15) is 0 Å². The van der Waals surface area contributed by atoms with Crippen LogP contribution in [0.5, 0.6) is 0 Å². The molecule has 1 aliphatic heterocycles. The van der Waals surface area contributed by atoms with Gasteiger partial charge in [-0.05, 0) is 13.8 Å². The van der Waals surface area contributed by atoms with Gasteiger partial charge in [0, 0.05) is 13.1 Å². The molecule has 2 heterocycles. The van der Waals surface area contributed by atoms with E-state index in [1.807, 2.05) is 13.8 Å². The van der Waals surface area contributed by atoms with Crippen LogP contribution in [0.4, 0.5) is 5.95 Å². The monoisotopic (exact) mass is 225 g/mol. The molecule has 0 radical (unpaired) electrons. The van der Waals surface area contributed by atoms with Crippen molar-refractivity contribution in [1.29, 1.82) is 0 Å². The summed E-state index contributed by atoms with van der Waals surface area (Å²) in [6.45, 7) is 5.51. The first-order chi connectivity index (χ1) is 7.48. The number of aromatic nitrogens is 3. The Bertz CT molecular complexity index is 400. The Hall–Kier alpha value is -1.63. The third-order valence-electron chi connectivity index (χ3n) is 2.42. The van der Waals surface area contributed by atoms with E-state index in [1.165, 1.54) is 0 Å². The van der Waals surface area contributed by atoms with Crippen molar-refractivity contribution in [1.82, 2.24) is 20.1 Å².